The average Bonchev–Trinajstić information content (AvgIpc) is 2.88. The maximum Gasteiger partial charge on any atom is 0.307 e. The molecule has 8 N–H and O–H groups in total. The average molecular weight is 543 g/mol. The van der Waals surface area contributed by atoms with Crippen molar-refractivity contribution in [2.24, 2.45) is 22.9 Å². The van der Waals surface area contributed by atoms with Crippen molar-refractivity contribution in [1.29, 1.82) is 0 Å². The van der Waals surface area contributed by atoms with Crippen molar-refractivity contribution < 1.29 is 19.1 Å². The summed E-state index contributed by atoms with van der Waals surface area (Å²) in [7, 11) is 0. The minimum atomic E-state index is -0.482. The van der Waals surface area contributed by atoms with Crippen molar-refractivity contribution in [3.63, 3.8) is 0 Å². The molecule has 0 aromatic heterocycles. The van der Waals surface area contributed by atoms with Gasteiger partial charge < -0.3 is 20.9 Å². The van der Waals surface area contributed by atoms with Crippen LogP contribution in [0.2, 0.25) is 0 Å². The van der Waals surface area contributed by atoms with Crippen molar-refractivity contribution in [3.8, 4) is 0 Å². The summed E-state index contributed by atoms with van der Waals surface area (Å²) < 4.78 is 10.7. The molecular formula is C30H62N4O4. The molecule has 0 spiro atoms. The number of unbranched alkanes of at least 4 members (excludes halogenated alkanes) is 17. The van der Waals surface area contributed by atoms with Gasteiger partial charge in [-0.05, 0) is 64.5 Å². The Morgan fingerprint density at radius 2 is 0.684 bits per heavy atom. The van der Waals surface area contributed by atoms with Crippen LogP contribution in [0.15, 0.2) is 0 Å². The van der Waals surface area contributed by atoms with Crippen LogP contribution in [0.3, 0.4) is 0 Å². The maximum absolute atomic E-state index is 12.0. The van der Waals surface area contributed by atoms with E-state index in [1.165, 1.54) is 51.4 Å². The molecule has 2 atom stereocenters. The van der Waals surface area contributed by atoms with E-state index in [-0.39, 0.29) is 11.9 Å². The molecule has 0 aliphatic carbocycles. The molecule has 8 heteroatoms. The number of carbonyl (C=O) groups is 2. The fraction of sp³-hybridized carbons (Fsp3) is 0.933. The molecule has 2 unspecified atom stereocenters. The number of ether oxygens (including phenoxy) is 2. The third kappa shape index (κ3) is 27.8. The lowest BCUT2D eigenvalue weighted by Gasteiger charge is -2.13. The molecule has 8 nitrogen and oxygen atoms in total. The second-order valence-corrected chi connectivity index (χ2v) is 10.8. The maximum atomic E-state index is 12.0. The van der Waals surface area contributed by atoms with Crippen molar-refractivity contribution in [2.45, 2.75) is 167 Å². The summed E-state index contributed by atoms with van der Waals surface area (Å²) >= 11 is 0. The standard InChI is InChI=1S/C30H62N4O4/c31-25-19-13-7-1-3-9-15-21-27(33)37-29(35)23-17-11-5-6-12-18-24-30(36)38-28(34)22-16-10-4-2-8-14-20-26-32/h27-28H,1-26,31-34H2. The lowest BCUT2D eigenvalue weighted by molar-refractivity contribution is -0.150. The first-order valence-corrected chi connectivity index (χ1v) is 15.8. The topological polar surface area (TPSA) is 157 Å². The van der Waals surface area contributed by atoms with Crippen LogP contribution in [-0.4, -0.2) is 37.5 Å². The summed E-state index contributed by atoms with van der Waals surface area (Å²) in [6.45, 7) is 1.57. The summed E-state index contributed by atoms with van der Waals surface area (Å²) in [5.74, 6) is -0.387. The predicted octanol–water partition coefficient (Wildman–Crippen LogP) is 5.92. The summed E-state index contributed by atoms with van der Waals surface area (Å²) in [5.41, 5.74) is 22.9. The van der Waals surface area contributed by atoms with E-state index in [1.807, 2.05) is 0 Å². The van der Waals surface area contributed by atoms with Crippen LogP contribution in [0.25, 0.3) is 0 Å². The van der Waals surface area contributed by atoms with E-state index in [4.69, 9.17) is 32.4 Å². The van der Waals surface area contributed by atoms with E-state index in [2.05, 4.69) is 0 Å². The molecule has 0 bridgehead atoms. The zero-order chi connectivity index (χ0) is 28.1. The molecule has 0 aliphatic heterocycles. The van der Waals surface area contributed by atoms with Gasteiger partial charge in [0.1, 0.15) is 0 Å². The zero-order valence-electron chi connectivity index (χ0n) is 24.5. The number of esters is 2. The van der Waals surface area contributed by atoms with E-state index in [9.17, 15) is 9.59 Å². The molecule has 0 rings (SSSR count). The van der Waals surface area contributed by atoms with Gasteiger partial charge in [-0.25, -0.2) is 0 Å². The van der Waals surface area contributed by atoms with E-state index >= 15 is 0 Å². The molecule has 0 aromatic carbocycles. The summed E-state index contributed by atoms with van der Waals surface area (Å²) in [6, 6.07) is 0. The van der Waals surface area contributed by atoms with Gasteiger partial charge in [0, 0.05) is 12.8 Å². The number of carbonyl (C=O) groups excluding carboxylic acids is 2. The summed E-state index contributed by atoms with van der Waals surface area (Å²) in [6.07, 6.45) is 23.4. The van der Waals surface area contributed by atoms with Gasteiger partial charge in [-0.1, -0.05) is 89.9 Å². The van der Waals surface area contributed by atoms with Crippen LogP contribution in [0.1, 0.15) is 154 Å². The van der Waals surface area contributed by atoms with E-state index in [0.717, 1.165) is 103 Å². The molecule has 0 heterocycles. The highest BCUT2D eigenvalue weighted by Crippen LogP contribution is 2.13. The fourth-order valence-electron chi connectivity index (χ4n) is 4.57. The zero-order valence-corrected chi connectivity index (χ0v) is 24.5. The first kappa shape index (κ1) is 36.8. The van der Waals surface area contributed by atoms with Gasteiger partial charge in [-0.3, -0.25) is 21.1 Å². The Morgan fingerprint density at radius 3 is 1.00 bits per heavy atom. The van der Waals surface area contributed by atoms with Gasteiger partial charge in [0.2, 0.25) is 0 Å². The Kier molecular flexibility index (Phi) is 27.9. The van der Waals surface area contributed by atoms with Gasteiger partial charge >= 0.3 is 11.9 Å². The number of rotatable bonds is 29. The van der Waals surface area contributed by atoms with Crippen molar-refractivity contribution in [1.82, 2.24) is 0 Å². The molecule has 0 saturated heterocycles. The largest absolute Gasteiger partial charge is 0.447 e. The van der Waals surface area contributed by atoms with Crippen LogP contribution in [0.4, 0.5) is 0 Å². The highest BCUT2D eigenvalue weighted by atomic mass is 16.6. The minimum absolute atomic E-state index is 0.194. The molecular weight excluding hydrogens is 480 g/mol. The van der Waals surface area contributed by atoms with Crippen molar-refractivity contribution in [2.75, 3.05) is 13.1 Å². The third-order valence-corrected chi connectivity index (χ3v) is 6.96. The molecule has 38 heavy (non-hydrogen) atoms. The van der Waals surface area contributed by atoms with Crippen molar-refractivity contribution in [3.05, 3.63) is 0 Å². The third-order valence-electron chi connectivity index (χ3n) is 6.96. The van der Waals surface area contributed by atoms with E-state index in [0.29, 0.717) is 12.8 Å². The molecule has 226 valence electrons. The number of nitrogens with two attached hydrogens (primary N) is 4. The summed E-state index contributed by atoms with van der Waals surface area (Å²) in [5, 5.41) is 0. The second kappa shape index (κ2) is 28.8. The Bertz CT molecular complexity index is 490. The Morgan fingerprint density at radius 1 is 0.421 bits per heavy atom. The summed E-state index contributed by atoms with van der Waals surface area (Å²) in [4.78, 5) is 23.9. The van der Waals surface area contributed by atoms with Crippen LogP contribution >= 0.6 is 0 Å². The van der Waals surface area contributed by atoms with Crippen LogP contribution in [-0.2, 0) is 19.1 Å². The first-order valence-electron chi connectivity index (χ1n) is 15.8. The fourth-order valence-corrected chi connectivity index (χ4v) is 4.57. The van der Waals surface area contributed by atoms with Gasteiger partial charge in [-0.2, -0.15) is 0 Å². The molecule has 0 fully saturated rings. The number of hydrogen-bond donors (Lipinski definition) is 4. The molecule has 0 aliphatic rings. The lowest BCUT2D eigenvalue weighted by atomic mass is 10.1. The smallest absolute Gasteiger partial charge is 0.307 e. The van der Waals surface area contributed by atoms with Crippen LogP contribution in [0, 0.1) is 0 Å². The van der Waals surface area contributed by atoms with Crippen LogP contribution in [0.5, 0.6) is 0 Å². The Labute approximate surface area is 233 Å². The van der Waals surface area contributed by atoms with Crippen molar-refractivity contribution >= 4 is 11.9 Å². The Hall–Kier alpha value is -1.22. The van der Waals surface area contributed by atoms with Gasteiger partial charge in [0.15, 0.2) is 12.5 Å². The predicted molar refractivity (Wildman–Crippen MR) is 157 cm³/mol. The number of hydrogen-bond acceptors (Lipinski definition) is 8. The SMILES string of the molecule is NCCCCCCCCCC(N)OC(=O)CCCCCCCCC(=O)OC(N)CCCCCCCCCN. The van der Waals surface area contributed by atoms with Crippen LogP contribution < -0.4 is 22.9 Å². The molecule has 0 saturated carbocycles. The minimum Gasteiger partial charge on any atom is -0.447 e. The normalized spacial score (nSPS) is 12.8. The molecule has 0 aromatic rings. The molecule has 0 radical (unpaired) electrons. The van der Waals surface area contributed by atoms with Gasteiger partial charge in [0.25, 0.3) is 0 Å². The van der Waals surface area contributed by atoms with E-state index < -0.39 is 12.5 Å². The monoisotopic (exact) mass is 542 g/mol. The highest BCUT2D eigenvalue weighted by molar-refractivity contribution is 5.69. The van der Waals surface area contributed by atoms with Gasteiger partial charge in [0.05, 0.1) is 0 Å². The lowest BCUT2D eigenvalue weighted by Crippen LogP contribution is -2.27. The first-order chi connectivity index (χ1) is 18.5. The quantitative estimate of drug-likeness (QED) is 0.0515. The molecule has 0 amide bonds. The van der Waals surface area contributed by atoms with E-state index in [1.54, 1.807) is 0 Å². The Balaban J connectivity index is 3.47. The van der Waals surface area contributed by atoms with Gasteiger partial charge in [-0.15, -0.1) is 0 Å². The second-order valence-electron chi connectivity index (χ2n) is 10.8. The highest BCUT2D eigenvalue weighted by Gasteiger charge is 2.11.